The first-order valence-electron chi connectivity index (χ1n) is 5.27. The summed E-state index contributed by atoms with van der Waals surface area (Å²) in [6.07, 6.45) is -0.703. The van der Waals surface area contributed by atoms with Crippen LogP contribution in [0.2, 0.25) is 10.0 Å². The number of aliphatic hydroxyl groups is 1. The maximum absolute atomic E-state index is 10.2. The summed E-state index contributed by atoms with van der Waals surface area (Å²) in [5, 5.41) is 11.3. The summed E-state index contributed by atoms with van der Waals surface area (Å²) >= 11 is 11.8. The van der Waals surface area contributed by atoms with Gasteiger partial charge in [0.2, 0.25) is 0 Å². The predicted octanol–water partition coefficient (Wildman–Crippen LogP) is 4.38. The Morgan fingerprint density at radius 2 is 1.59 bits per heavy atom. The van der Waals surface area contributed by atoms with Crippen molar-refractivity contribution in [2.24, 2.45) is 0 Å². The van der Waals surface area contributed by atoms with Crippen LogP contribution < -0.4 is 0 Å². The summed E-state index contributed by atoms with van der Waals surface area (Å²) < 4.78 is 0. The molecule has 3 heteroatoms. The Bertz CT molecular complexity index is 517. The molecule has 1 nitrogen and oxygen atoms in total. The second kappa shape index (κ2) is 5.09. The van der Waals surface area contributed by atoms with Crippen molar-refractivity contribution in [1.82, 2.24) is 0 Å². The van der Waals surface area contributed by atoms with E-state index in [1.54, 1.807) is 18.2 Å². The molecule has 0 bridgehead atoms. The third-order valence-electron chi connectivity index (χ3n) is 2.56. The van der Waals surface area contributed by atoms with Crippen LogP contribution in [0.1, 0.15) is 22.8 Å². The first-order valence-corrected chi connectivity index (χ1v) is 6.02. The van der Waals surface area contributed by atoms with Crippen LogP contribution in [0.4, 0.5) is 0 Å². The molecule has 1 N–H and O–H groups in total. The molecule has 0 heterocycles. The molecule has 0 fully saturated rings. The molecule has 2 aromatic rings. The van der Waals surface area contributed by atoms with Crippen LogP contribution in [0.15, 0.2) is 42.5 Å². The summed E-state index contributed by atoms with van der Waals surface area (Å²) in [5.41, 5.74) is 2.64. The molecule has 0 aliphatic carbocycles. The minimum absolute atomic E-state index is 0.527. The summed E-state index contributed by atoms with van der Waals surface area (Å²) in [4.78, 5) is 0. The zero-order valence-electron chi connectivity index (χ0n) is 9.32. The van der Waals surface area contributed by atoms with Gasteiger partial charge in [0, 0.05) is 10.0 Å². The van der Waals surface area contributed by atoms with Gasteiger partial charge in [-0.05, 0) is 36.2 Å². The smallest absolute Gasteiger partial charge is 0.104 e. The summed E-state index contributed by atoms with van der Waals surface area (Å²) in [6.45, 7) is 1.99. The Morgan fingerprint density at radius 3 is 2.18 bits per heavy atom. The molecular formula is C14H12Cl2O. The Balaban J connectivity index is 2.39. The topological polar surface area (TPSA) is 20.2 Å². The van der Waals surface area contributed by atoms with E-state index in [9.17, 15) is 5.11 Å². The summed E-state index contributed by atoms with van der Waals surface area (Å²) in [5.74, 6) is 0. The van der Waals surface area contributed by atoms with Gasteiger partial charge < -0.3 is 5.11 Å². The van der Waals surface area contributed by atoms with Crippen molar-refractivity contribution < 1.29 is 5.11 Å². The second-order valence-electron chi connectivity index (χ2n) is 4.02. The molecule has 0 aromatic heterocycles. The van der Waals surface area contributed by atoms with Gasteiger partial charge in [-0.3, -0.25) is 0 Å². The van der Waals surface area contributed by atoms with Crippen LogP contribution in [-0.4, -0.2) is 5.11 Å². The molecule has 17 heavy (non-hydrogen) atoms. The van der Waals surface area contributed by atoms with Crippen molar-refractivity contribution in [3.05, 3.63) is 69.2 Å². The zero-order valence-corrected chi connectivity index (χ0v) is 10.8. The molecule has 0 saturated heterocycles. The Hall–Kier alpha value is -1.02. The number of rotatable bonds is 2. The van der Waals surface area contributed by atoms with Gasteiger partial charge >= 0.3 is 0 Å². The van der Waals surface area contributed by atoms with Crippen LogP contribution in [0.25, 0.3) is 0 Å². The largest absolute Gasteiger partial charge is 0.384 e. The molecule has 0 saturated carbocycles. The molecule has 88 valence electrons. The lowest BCUT2D eigenvalue weighted by Gasteiger charge is -2.13. The van der Waals surface area contributed by atoms with E-state index >= 15 is 0 Å². The van der Waals surface area contributed by atoms with Crippen molar-refractivity contribution in [2.45, 2.75) is 13.0 Å². The van der Waals surface area contributed by atoms with Crippen LogP contribution >= 0.6 is 23.2 Å². The molecule has 0 radical (unpaired) electrons. The summed E-state index contributed by atoms with van der Waals surface area (Å²) in [6, 6.07) is 12.8. The second-order valence-corrected chi connectivity index (χ2v) is 4.89. The number of aliphatic hydroxyl groups excluding tert-OH is 1. The van der Waals surface area contributed by atoms with Crippen LogP contribution in [0, 0.1) is 6.92 Å². The molecule has 2 aromatic carbocycles. The molecule has 1 atom stereocenters. The third-order valence-corrected chi connectivity index (χ3v) is 2.99. The molecule has 0 aliphatic heterocycles. The molecular weight excluding hydrogens is 255 g/mol. The normalized spacial score (nSPS) is 12.5. The number of benzene rings is 2. The quantitative estimate of drug-likeness (QED) is 0.855. The molecule has 1 unspecified atom stereocenters. The first kappa shape index (κ1) is 12.4. The monoisotopic (exact) mass is 266 g/mol. The maximum Gasteiger partial charge on any atom is 0.104 e. The number of hydrogen-bond acceptors (Lipinski definition) is 1. The highest BCUT2D eigenvalue weighted by molar-refractivity contribution is 6.34. The minimum Gasteiger partial charge on any atom is -0.384 e. The van der Waals surface area contributed by atoms with Gasteiger partial charge in [0.1, 0.15) is 6.10 Å². The van der Waals surface area contributed by atoms with Gasteiger partial charge in [-0.1, -0.05) is 53.0 Å². The Morgan fingerprint density at radius 1 is 0.941 bits per heavy atom. The highest BCUT2D eigenvalue weighted by Crippen LogP contribution is 2.27. The van der Waals surface area contributed by atoms with E-state index in [1.165, 1.54) is 0 Å². The Kier molecular flexibility index (Phi) is 3.72. The molecule has 0 spiro atoms. The van der Waals surface area contributed by atoms with Crippen LogP contribution in [0.5, 0.6) is 0 Å². The van der Waals surface area contributed by atoms with Gasteiger partial charge in [-0.25, -0.2) is 0 Å². The molecule has 0 aliphatic rings. The van der Waals surface area contributed by atoms with Gasteiger partial charge in [-0.2, -0.15) is 0 Å². The Labute approximate surface area is 111 Å². The van der Waals surface area contributed by atoms with Crippen molar-refractivity contribution in [1.29, 1.82) is 0 Å². The van der Waals surface area contributed by atoms with Crippen molar-refractivity contribution >= 4 is 23.2 Å². The van der Waals surface area contributed by atoms with Gasteiger partial charge in [-0.15, -0.1) is 0 Å². The predicted molar refractivity (Wildman–Crippen MR) is 71.7 cm³/mol. The number of aryl methyl sites for hydroxylation is 1. The maximum atomic E-state index is 10.2. The van der Waals surface area contributed by atoms with Gasteiger partial charge in [0.05, 0.1) is 0 Å². The lowest BCUT2D eigenvalue weighted by molar-refractivity contribution is 0.220. The number of hydrogen-bond donors (Lipinski definition) is 1. The van der Waals surface area contributed by atoms with E-state index < -0.39 is 6.10 Å². The van der Waals surface area contributed by atoms with Crippen molar-refractivity contribution in [3.8, 4) is 0 Å². The highest BCUT2D eigenvalue weighted by Gasteiger charge is 2.11. The van der Waals surface area contributed by atoms with E-state index in [1.807, 2.05) is 31.2 Å². The average molecular weight is 267 g/mol. The van der Waals surface area contributed by atoms with E-state index in [4.69, 9.17) is 23.2 Å². The fourth-order valence-corrected chi connectivity index (χ4v) is 2.31. The van der Waals surface area contributed by atoms with Gasteiger partial charge in [0.15, 0.2) is 0 Å². The van der Waals surface area contributed by atoms with Crippen LogP contribution in [-0.2, 0) is 0 Å². The average Bonchev–Trinajstić information content (AvgIpc) is 2.26. The van der Waals surface area contributed by atoms with E-state index in [-0.39, 0.29) is 0 Å². The molecule has 0 amide bonds. The molecule has 2 rings (SSSR count). The van der Waals surface area contributed by atoms with Crippen molar-refractivity contribution in [3.63, 3.8) is 0 Å². The van der Waals surface area contributed by atoms with Gasteiger partial charge in [0.25, 0.3) is 0 Å². The van der Waals surface area contributed by atoms with E-state index in [0.717, 1.165) is 11.1 Å². The lowest BCUT2D eigenvalue weighted by Crippen LogP contribution is -1.99. The highest BCUT2D eigenvalue weighted by atomic mass is 35.5. The van der Waals surface area contributed by atoms with Crippen LogP contribution in [0.3, 0.4) is 0 Å². The van der Waals surface area contributed by atoms with E-state index in [2.05, 4.69) is 0 Å². The fraction of sp³-hybridized carbons (Fsp3) is 0.143. The summed E-state index contributed by atoms with van der Waals surface area (Å²) in [7, 11) is 0. The van der Waals surface area contributed by atoms with E-state index in [0.29, 0.717) is 15.6 Å². The minimum atomic E-state index is -0.703. The first-order chi connectivity index (χ1) is 8.06. The SMILES string of the molecule is Cc1cccc(C(O)c2cc(Cl)cc(Cl)c2)c1. The standard InChI is InChI=1S/C14H12Cl2O/c1-9-3-2-4-10(5-9)14(17)11-6-12(15)8-13(16)7-11/h2-8,14,17H,1H3. The lowest BCUT2D eigenvalue weighted by atomic mass is 10.0. The third kappa shape index (κ3) is 3.01. The number of halogens is 2. The zero-order chi connectivity index (χ0) is 12.4. The van der Waals surface area contributed by atoms with Crippen molar-refractivity contribution in [2.75, 3.05) is 0 Å². The fourth-order valence-electron chi connectivity index (χ4n) is 1.77.